The maximum Gasteiger partial charge on any atom is 0.242 e. The van der Waals surface area contributed by atoms with Crippen LogP contribution >= 0.6 is 0 Å². The molecular weight excluding hydrogens is 250 g/mol. The molecule has 104 valence electrons. The molecule has 0 N–H and O–H groups in total. The zero-order valence-electron chi connectivity index (χ0n) is 11.1. The van der Waals surface area contributed by atoms with E-state index < -0.39 is 0 Å². The molecule has 2 heterocycles. The van der Waals surface area contributed by atoms with E-state index in [1.165, 1.54) is 11.8 Å². The standard InChI is InChI=1S/C12H17N3O4/c1-9-7-11(13-19-9)15(10(2)16)8-12(17)14-3-5-18-6-4-14/h7H,3-6,8H2,1-2H3. The van der Waals surface area contributed by atoms with E-state index >= 15 is 0 Å². The summed E-state index contributed by atoms with van der Waals surface area (Å²) in [5.41, 5.74) is 0. The minimum atomic E-state index is -0.241. The second-order valence-electron chi connectivity index (χ2n) is 4.39. The summed E-state index contributed by atoms with van der Waals surface area (Å²) in [6, 6.07) is 1.63. The smallest absolute Gasteiger partial charge is 0.242 e. The van der Waals surface area contributed by atoms with Crippen LogP contribution in [0, 0.1) is 6.92 Å². The first-order valence-electron chi connectivity index (χ1n) is 6.15. The van der Waals surface area contributed by atoms with Gasteiger partial charge in [0.15, 0.2) is 5.82 Å². The van der Waals surface area contributed by atoms with Crippen LogP contribution in [0.1, 0.15) is 12.7 Å². The zero-order valence-corrected chi connectivity index (χ0v) is 11.1. The first-order chi connectivity index (χ1) is 9.08. The molecule has 0 atom stereocenters. The number of morpholine rings is 1. The highest BCUT2D eigenvalue weighted by Gasteiger charge is 2.23. The van der Waals surface area contributed by atoms with E-state index in [4.69, 9.17) is 9.26 Å². The summed E-state index contributed by atoms with van der Waals surface area (Å²) in [5.74, 6) is 0.612. The van der Waals surface area contributed by atoms with Gasteiger partial charge in [0, 0.05) is 26.1 Å². The third kappa shape index (κ3) is 3.31. The fraction of sp³-hybridized carbons (Fsp3) is 0.583. The normalized spacial score (nSPS) is 15.4. The number of aryl methyl sites for hydroxylation is 1. The lowest BCUT2D eigenvalue weighted by Gasteiger charge is -2.28. The Bertz CT molecular complexity index is 465. The van der Waals surface area contributed by atoms with Crippen LogP contribution in [0.4, 0.5) is 5.82 Å². The number of amides is 2. The second-order valence-corrected chi connectivity index (χ2v) is 4.39. The molecule has 0 spiro atoms. The van der Waals surface area contributed by atoms with Crippen molar-refractivity contribution in [1.82, 2.24) is 10.1 Å². The molecule has 0 bridgehead atoms. The average Bonchev–Trinajstić information content (AvgIpc) is 2.82. The van der Waals surface area contributed by atoms with Crippen LogP contribution < -0.4 is 4.90 Å². The van der Waals surface area contributed by atoms with Crippen molar-refractivity contribution in [2.45, 2.75) is 13.8 Å². The van der Waals surface area contributed by atoms with Gasteiger partial charge in [-0.1, -0.05) is 5.16 Å². The van der Waals surface area contributed by atoms with Crippen molar-refractivity contribution in [2.24, 2.45) is 0 Å². The summed E-state index contributed by atoms with van der Waals surface area (Å²) in [7, 11) is 0. The topological polar surface area (TPSA) is 75.9 Å². The van der Waals surface area contributed by atoms with Crippen molar-refractivity contribution in [1.29, 1.82) is 0 Å². The van der Waals surface area contributed by atoms with E-state index in [2.05, 4.69) is 5.16 Å². The highest BCUT2D eigenvalue weighted by molar-refractivity contribution is 5.96. The fourth-order valence-electron chi connectivity index (χ4n) is 1.88. The highest BCUT2D eigenvalue weighted by atomic mass is 16.5. The monoisotopic (exact) mass is 267 g/mol. The van der Waals surface area contributed by atoms with Gasteiger partial charge in [-0.15, -0.1) is 0 Å². The molecule has 19 heavy (non-hydrogen) atoms. The van der Waals surface area contributed by atoms with Crippen LogP contribution in [0.15, 0.2) is 10.6 Å². The lowest BCUT2D eigenvalue weighted by atomic mass is 10.3. The van der Waals surface area contributed by atoms with E-state index in [1.54, 1.807) is 17.9 Å². The van der Waals surface area contributed by atoms with Crippen LogP contribution in [0.3, 0.4) is 0 Å². The Morgan fingerprint density at radius 1 is 1.42 bits per heavy atom. The molecule has 0 saturated carbocycles. The zero-order chi connectivity index (χ0) is 13.8. The largest absolute Gasteiger partial charge is 0.378 e. The summed E-state index contributed by atoms with van der Waals surface area (Å²) in [4.78, 5) is 26.7. The minimum absolute atomic E-state index is 0.0265. The average molecular weight is 267 g/mol. The van der Waals surface area contributed by atoms with Crippen LogP contribution in [0.2, 0.25) is 0 Å². The maximum absolute atomic E-state index is 12.1. The molecule has 0 unspecified atom stereocenters. The number of nitrogens with zero attached hydrogens (tertiary/aromatic N) is 3. The maximum atomic E-state index is 12.1. The van der Waals surface area contributed by atoms with Crippen molar-refractivity contribution in [3.8, 4) is 0 Å². The Balaban J connectivity index is 2.04. The molecular formula is C12H17N3O4. The number of carbonyl (C=O) groups is 2. The van der Waals surface area contributed by atoms with Gasteiger partial charge in [-0.3, -0.25) is 14.5 Å². The summed E-state index contributed by atoms with van der Waals surface area (Å²) < 4.78 is 10.1. The number of ether oxygens (including phenoxy) is 1. The Morgan fingerprint density at radius 3 is 2.63 bits per heavy atom. The van der Waals surface area contributed by atoms with Crippen molar-refractivity contribution in [2.75, 3.05) is 37.7 Å². The van der Waals surface area contributed by atoms with Crippen LogP contribution in [-0.2, 0) is 14.3 Å². The van der Waals surface area contributed by atoms with Crippen molar-refractivity contribution in [3.05, 3.63) is 11.8 Å². The highest BCUT2D eigenvalue weighted by Crippen LogP contribution is 2.14. The summed E-state index contributed by atoms with van der Waals surface area (Å²) in [5, 5.41) is 3.77. The quantitative estimate of drug-likeness (QED) is 0.781. The van der Waals surface area contributed by atoms with Gasteiger partial charge in [-0.05, 0) is 6.92 Å². The third-order valence-corrected chi connectivity index (χ3v) is 2.93. The van der Waals surface area contributed by atoms with E-state index in [9.17, 15) is 9.59 Å². The number of carbonyl (C=O) groups excluding carboxylic acids is 2. The fourth-order valence-corrected chi connectivity index (χ4v) is 1.88. The molecule has 1 aliphatic heterocycles. The number of rotatable bonds is 3. The summed E-state index contributed by atoms with van der Waals surface area (Å²) in [6.45, 7) is 5.30. The summed E-state index contributed by atoms with van der Waals surface area (Å²) in [6.07, 6.45) is 0. The molecule has 1 aliphatic rings. The number of anilines is 1. The van der Waals surface area contributed by atoms with Gasteiger partial charge in [0.2, 0.25) is 11.8 Å². The lowest BCUT2D eigenvalue weighted by molar-refractivity contribution is -0.134. The van der Waals surface area contributed by atoms with E-state index in [0.717, 1.165) is 0 Å². The number of aromatic nitrogens is 1. The van der Waals surface area contributed by atoms with Gasteiger partial charge in [0.25, 0.3) is 0 Å². The van der Waals surface area contributed by atoms with Crippen LogP contribution in [0.5, 0.6) is 0 Å². The molecule has 0 radical (unpaired) electrons. The molecule has 1 fully saturated rings. The number of hydrogen-bond acceptors (Lipinski definition) is 5. The Hall–Kier alpha value is -1.89. The van der Waals surface area contributed by atoms with Crippen molar-refractivity contribution < 1.29 is 18.8 Å². The van der Waals surface area contributed by atoms with E-state index in [1.807, 2.05) is 0 Å². The molecule has 0 aliphatic carbocycles. The van der Waals surface area contributed by atoms with Gasteiger partial charge in [-0.25, -0.2) is 0 Å². The van der Waals surface area contributed by atoms with Crippen LogP contribution in [0.25, 0.3) is 0 Å². The van der Waals surface area contributed by atoms with Crippen molar-refractivity contribution >= 4 is 17.6 Å². The molecule has 2 rings (SSSR count). The Labute approximate surface area is 111 Å². The SMILES string of the molecule is CC(=O)N(CC(=O)N1CCOCC1)c1cc(C)on1. The van der Waals surface area contributed by atoms with Gasteiger partial charge >= 0.3 is 0 Å². The molecule has 1 saturated heterocycles. The molecule has 0 aromatic carbocycles. The predicted octanol–water partition coefficient (Wildman–Crippen LogP) is 0.195. The van der Waals surface area contributed by atoms with Crippen molar-refractivity contribution in [3.63, 3.8) is 0 Å². The Kier molecular flexibility index (Phi) is 4.16. The molecule has 1 aromatic heterocycles. The van der Waals surface area contributed by atoms with Gasteiger partial charge in [0.05, 0.1) is 13.2 Å². The Morgan fingerprint density at radius 2 is 2.11 bits per heavy atom. The minimum Gasteiger partial charge on any atom is -0.378 e. The van der Waals surface area contributed by atoms with Crippen LogP contribution in [-0.4, -0.2) is 54.7 Å². The van der Waals surface area contributed by atoms with Gasteiger partial charge < -0.3 is 14.2 Å². The van der Waals surface area contributed by atoms with Gasteiger partial charge in [-0.2, -0.15) is 0 Å². The molecule has 1 aromatic rings. The molecule has 7 nitrogen and oxygen atoms in total. The molecule has 7 heteroatoms. The third-order valence-electron chi connectivity index (χ3n) is 2.93. The lowest BCUT2D eigenvalue weighted by Crippen LogP contribution is -2.47. The first kappa shape index (κ1) is 13.5. The van der Waals surface area contributed by atoms with E-state index in [0.29, 0.717) is 37.9 Å². The molecule has 2 amide bonds. The summed E-state index contributed by atoms with van der Waals surface area (Å²) >= 11 is 0. The first-order valence-corrected chi connectivity index (χ1v) is 6.15. The van der Waals surface area contributed by atoms with E-state index in [-0.39, 0.29) is 18.4 Å². The van der Waals surface area contributed by atoms with Gasteiger partial charge in [0.1, 0.15) is 12.3 Å². The second kappa shape index (κ2) is 5.83. The predicted molar refractivity (Wildman–Crippen MR) is 66.7 cm³/mol. The number of hydrogen-bond donors (Lipinski definition) is 0.